The van der Waals surface area contributed by atoms with E-state index >= 15 is 0 Å². The van der Waals surface area contributed by atoms with Crippen LogP contribution in [0.25, 0.3) is 0 Å². The van der Waals surface area contributed by atoms with E-state index in [1.54, 1.807) is 0 Å². The second kappa shape index (κ2) is 49.8. The predicted octanol–water partition coefficient (Wildman–Crippen LogP) is 15.3. The van der Waals surface area contributed by atoms with E-state index in [-0.39, 0.29) is 32.6 Å². The molecule has 0 aliphatic heterocycles. The molecule has 0 aliphatic carbocycles. The van der Waals surface area contributed by atoms with Crippen LogP contribution in [0.1, 0.15) is 181 Å². The van der Waals surface area contributed by atoms with Crippen molar-refractivity contribution in [2.45, 2.75) is 187 Å². The summed E-state index contributed by atoms with van der Waals surface area (Å²) >= 11 is 0. The molecule has 0 radical (unpaired) electrons. The Morgan fingerprint density at radius 1 is 0.462 bits per heavy atom. The zero-order valence-corrected chi connectivity index (χ0v) is 41.6. The average molecular weight is 924 g/mol. The van der Waals surface area contributed by atoms with Gasteiger partial charge in [0.05, 0.1) is 13.2 Å². The molecule has 0 amide bonds. The summed E-state index contributed by atoms with van der Waals surface area (Å²) in [6.45, 7) is 3.44. The lowest BCUT2D eigenvalue weighted by Gasteiger charge is -2.19. The van der Waals surface area contributed by atoms with Crippen molar-refractivity contribution in [2.75, 3.05) is 26.4 Å². The fourth-order valence-electron chi connectivity index (χ4n) is 6.22. The topological polar surface area (TPSA) is 134 Å². The Bertz CT molecular complexity index is 1470. The molecule has 0 aromatic rings. The van der Waals surface area contributed by atoms with E-state index in [2.05, 4.69) is 135 Å². The fourth-order valence-corrected chi connectivity index (χ4v) is 6.98. The van der Waals surface area contributed by atoms with Crippen molar-refractivity contribution in [3.05, 3.63) is 122 Å². The smallest absolute Gasteiger partial charge is 0.462 e. The number of carbonyl (C=O) groups excluding carboxylic acids is 2. The monoisotopic (exact) mass is 924 g/mol. The summed E-state index contributed by atoms with van der Waals surface area (Å²) < 4.78 is 32.8. The Kier molecular flexibility index (Phi) is 47.1. The predicted molar refractivity (Wildman–Crippen MR) is 274 cm³/mol. The van der Waals surface area contributed by atoms with Gasteiger partial charge in [-0.25, -0.2) is 4.57 Å². The van der Waals surface area contributed by atoms with Gasteiger partial charge in [-0.3, -0.25) is 18.6 Å². The van der Waals surface area contributed by atoms with Crippen LogP contribution >= 0.6 is 7.82 Å². The highest BCUT2D eigenvalue weighted by atomic mass is 31.2. The average Bonchev–Trinajstić information content (AvgIpc) is 3.30. The molecule has 9 nitrogen and oxygen atoms in total. The zero-order valence-electron chi connectivity index (χ0n) is 40.7. The number of rotatable bonds is 45. The first-order chi connectivity index (χ1) is 31.8. The van der Waals surface area contributed by atoms with Gasteiger partial charge in [0.2, 0.25) is 0 Å². The van der Waals surface area contributed by atoms with E-state index in [0.29, 0.717) is 12.8 Å². The van der Waals surface area contributed by atoms with E-state index < -0.39 is 32.5 Å². The first kappa shape index (κ1) is 61.4. The molecule has 368 valence electrons. The number of esters is 2. The third-order valence-corrected chi connectivity index (χ3v) is 10.8. The molecule has 2 atom stereocenters. The third-order valence-electron chi connectivity index (χ3n) is 9.84. The molecule has 0 spiro atoms. The van der Waals surface area contributed by atoms with Crippen LogP contribution in [0.3, 0.4) is 0 Å². The van der Waals surface area contributed by atoms with Gasteiger partial charge in [-0.1, -0.05) is 187 Å². The van der Waals surface area contributed by atoms with Gasteiger partial charge in [-0.2, -0.15) is 0 Å². The molecule has 0 heterocycles. The molecule has 3 N–H and O–H groups in total. The lowest BCUT2D eigenvalue weighted by molar-refractivity contribution is -0.161. The van der Waals surface area contributed by atoms with Gasteiger partial charge in [0.15, 0.2) is 6.10 Å². The number of allylic oxidation sites excluding steroid dienone is 20. The maximum atomic E-state index is 12.6. The van der Waals surface area contributed by atoms with Crippen LogP contribution < -0.4 is 5.73 Å². The number of phosphoric ester groups is 1. The molecule has 0 aliphatic rings. The lowest BCUT2D eigenvalue weighted by atomic mass is 10.1. The summed E-state index contributed by atoms with van der Waals surface area (Å²) in [7, 11) is -4.40. The van der Waals surface area contributed by atoms with Crippen molar-refractivity contribution >= 4 is 19.8 Å². The standard InChI is InChI=1S/C55H90NO8P/c1-3-5-7-9-11-13-15-17-18-19-20-21-22-23-24-25-26-27-28-29-30-31-32-33-34-36-38-40-42-44-46-48-55(58)64-53(52-63-65(59,60)62-50-49-56)51-61-54(57)47-45-43-41-39-37-35-16-14-12-10-8-6-4-2/h5-8,11-14,17-18,20-21,23-24,26-27,29-30,35,37,53H,3-4,9-10,15-16,19,22,25,28,31-34,36,38-52,56H2,1-2H3,(H,59,60)/b7-5-,8-6-,13-11-,14-12-,18-17-,21-20-,24-23-,27-26-,30-29-,37-35-. The minimum absolute atomic E-state index is 0.0416. The summed E-state index contributed by atoms with van der Waals surface area (Å²) in [6, 6.07) is 0. The number of hydrogen-bond donors (Lipinski definition) is 2. The van der Waals surface area contributed by atoms with E-state index in [1.165, 1.54) is 32.1 Å². The molecular formula is C55H90NO8P. The first-order valence-corrected chi connectivity index (χ1v) is 26.5. The van der Waals surface area contributed by atoms with Crippen LogP contribution in [0.5, 0.6) is 0 Å². The largest absolute Gasteiger partial charge is 0.472 e. The maximum Gasteiger partial charge on any atom is 0.472 e. The first-order valence-electron chi connectivity index (χ1n) is 25.0. The highest BCUT2D eigenvalue weighted by Gasteiger charge is 2.26. The minimum Gasteiger partial charge on any atom is -0.462 e. The molecule has 0 bridgehead atoms. The molecule has 2 unspecified atom stereocenters. The van der Waals surface area contributed by atoms with Crippen molar-refractivity contribution in [3.8, 4) is 0 Å². The van der Waals surface area contributed by atoms with Crippen molar-refractivity contribution in [1.29, 1.82) is 0 Å². The van der Waals surface area contributed by atoms with Crippen molar-refractivity contribution in [3.63, 3.8) is 0 Å². The van der Waals surface area contributed by atoms with Crippen LogP contribution in [0, 0.1) is 0 Å². The minimum atomic E-state index is -4.40. The third kappa shape index (κ3) is 49.7. The molecule has 0 saturated heterocycles. The van der Waals surface area contributed by atoms with Gasteiger partial charge >= 0.3 is 19.8 Å². The number of carbonyl (C=O) groups is 2. The number of unbranched alkanes of at least 4 members (excludes halogenated alkanes) is 12. The molecule has 10 heteroatoms. The van der Waals surface area contributed by atoms with Crippen LogP contribution in [0.4, 0.5) is 0 Å². The van der Waals surface area contributed by atoms with E-state index in [9.17, 15) is 19.0 Å². The fraction of sp³-hybridized carbons (Fsp3) is 0.600. The van der Waals surface area contributed by atoms with Crippen LogP contribution in [-0.2, 0) is 32.7 Å². The van der Waals surface area contributed by atoms with E-state index in [4.69, 9.17) is 24.3 Å². The van der Waals surface area contributed by atoms with Gasteiger partial charge < -0.3 is 20.1 Å². The molecule has 0 rings (SSSR count). The Balaban J connectivity index is 4.07. The molecular weight excluding hydrogens is 834 g/mol. The highest BCUT2D eigenvalue weighted by molar-refractivity contribution is 7.47. The summed E-state index contributed by atoms with van der Waals surface area (Å²) in [5.74, 6) is -0.881. The van der Waals surface area contributed by atoms with Crippen molar-refractivity contribution in [2.24, 2.45) is 5.73 Å². The number of hydrogen-bond acceptors (Lipinski definition) is 8. The Labute approximate surface area is 396 Å². The van der Waals surface area contributed by atoms with Gasteiger partial charge in [-0.05, 0) is 103 Å². The Hall–Kier alpha value is -3.59. The number of nitrogens with two attached hydrogens (primary N) is 1. The lowest BCUT2D eigenvalue weighted by Crippen LogP contribution is -2.29. The van der Waals surface area contributed by atoms with Gasteiger partial charge in [-0.15, -0.1) is 0 Å². The highest BCUT2D eigenvalue weighted by Crippen LogP contribution is 2.43. The molecule has 0 fully saturated rings. The van der Waals surface area contributed by atoms with Crippen molar-refractivity contribution in [1.82, 2.24) is 0 Å². The molecule has 0 saturated carbocycles. The van der Waals surface area contributed by atoms with Gasteiger partial charge in [0.1, 0.15) is 6.61 Å². The van der Waals surface area contributed by atoms with Crippen LogP contribution in [0.15, 0.2) is 122 Å². The summed E-state index contributed by atoms with van der Waals surface area (Å²) in [6.07, 6.45) is 68.2. The molecule has 0 aromatic carbocycles. The second-order valence-corrected chi connectivity index (χ2v) is 17.4. The number of ether oxygens (including phenoxy) is 2. The Morgan fingerprint density at radius 2 is 0.800 bits per heavy atom. The van der Waals surface area contributed by atoms with Crippen molar-refractivity contribution < 1.29 is 37.6 Å². The van der Waals surface area contributed by atoms with E-state index in [0.717, 1.165) is 109 Å². The SMILES string of the molecule is CC/C=C\C/C=C\C/C=C\C/C=C\C/C=C\C/C=C\C/C=C\CCCCCCCCCCCC(=O)OC(COC(=O)CCCCC/C=C\C/C=C\C/C=C\CC)COP(=O)(O)OCCN. The van der Waals surface area contributed by atoms with Crippen LogP contribution in [0.2, 0.25) is 0 Å². The maximum absolute atomic E-state index is 12.6. The second-order valence-electron chi connectivity index (χ2n) is 15.9. The quantitative estimate of drug-likeness (QED) is 0.0265. The van der Waals surface area contributed by atoms with Gasteiger partial charge in [0, 0.05) is 19.4 Å². The summed E-state index contributed by atoms with van der Waals surface area (Å²) in [4.78, 5) is 35.0. The van der Waals surface area contributed by atoms with Gasteiger partial charge in [0.25, 0.3) is 0 Å². The van der Waals surface area contributed by atoms with E-state index in [1.807, 2.05) is 0 Å². The molecule has 0 aromatic heterocycles. The normalized spacial score (nSPS) is 14.2. The zero-order chi connectivity index (χ0) is 47.4. The number of phosphoric acid groups is 1. The summed E-state index contributed by atoms with van der Waals surface area (Å²) in [5, 5.41) is 0. The van der Waals surface area contributed by atoms with Crippen LogP contribution in [-0.4, -0.2) is 49.3 Å². The Morgan fingerprint density at radius 3 is 1.20 bits per heavy atom. The summed E-state index contributed by atoms with van der Waals surface area (Å²) in [5.41, 5.74) is 5.36. The molecule has 65 heavy (non-hydrogen) atoms.